The molecule has 2 unspecified atom stereocenters. The summed E-state index contributed by atoms with van der Waals surface area (Å²) in [7, 11) is 8.66. The van der Waals surface area contributed by atoms with Crippen molar-refractivity contribution in [3.63, 3.8) is 0 Å². The minimum absolute atomic E-state index is 0.0375. The average molecular weight is 706 g/mol. The molecule has 0 spiro atoms. The van der Waals surface area contributed by atoms with Gasteiger partial charge in [0.1, 0.15) is 30.4 Å². The molecular weight excluding hydrogens is 658 g/mol. The van der Waals surface area contributed by atoms with Crippen LogP contribution in [0.1, 0.15) is 89.6 Å². The van der Waals surface area contributed by atoms with E-state index in [1.807, 2.05) is 38.7 Å². The number of aliphatic hydroxyl groups is 1. The van der Waals surface area contributed by atoms with Crippen LogP contribution in [0.15, 0.2) is 35.3 Å². The van der Waals surface area contributed by atoms with Crippen LogP contribution in [-0.4, -0.2) is 95.7 Å². The predicted molar refractivity (Wildman–Crippen MR) is 207 cm³/mol. The van der Waals surface area contributed by atoms with Gasteiger partial charge in [-0.25, -0.2) is 8.78 Å². The third kappa shape index (κ3) is 6.77. The van der Waals surface area contributed by atoms with Crippen LogP contribution in [0.4, 0.5) is 14.6 Å². The third-order valence-electron chi connectivity index (χ3n) is 11.1. The van der Waals surface area contributed by atoms with Gasteiger partial charge >= 0.3 is 6.01 Å². The second-order valence-electron chi connectivity index (χ2n) is 15.7. The highest BCUT2D eigenvalue weighted by atomic mass is 19.1. The minimum Gasteiger partial charge on any atom is -0.508 e. The van der Waals surface area contributed by atoms with Crippen LogP contribution in [0.2, 0.25) is 6.32 Å². The highest BCUT2D eigenvalue weighted by Gasteiger charge is 2.51. The summed E-state index contributed by atoms with van der Waals surface area (Å²) in [5.41, 5.74) is 1.28. The van der Waals surface area contributed by atoms with Crippen molar-refractivity contribution < 1.29 is 23.7 Å². The van der Waals surface area contributed by atoms with Crippen molar-refractivity contribution >= 4 is 54.4 Å². The smallest absolute Gasteiger partial charge is 0.319 e. The highest BCUT2D eigenvalue weighted by molar-refractivity contribution is 6.67. The molecule has 1 saturated carbocycles. The van der Waals surface area contributed by atoms with Crippen LogP contribution in [0.3, 0.4) is 0 Å². The largest absolute Gasteiger partial charge is 0.508 e. The number of aryl methyl sites for hydroxylation is 1. The van der Waals surface area contributed by atoms with Crippen molar-refractivity contribution in [1.29, 1.82) is 0 Å². The van der Waals surface area contributed by atoms with Crippen molar-refractivity contribution in [3.05, 3.63) is 58.5 Å². The SMILES string of the molecule is [B]C1(N(CC)CC2(COc3nc4c(c(N5CCCC(C)(O)C5)n3)/C(=C/C)C(=NC(C)C)C(c3cc(O)cc5ccc(F)c(CC)c35)=C4F)CC2)[B]C1. The molecule has 271 valence electrons. The standard InChI is InChI=1S/C40H48B2F2N5O3/c1-7-26-29(43)12-11-24-17-25(50)18-28(30(24)26)31-33(44)35-32(27(8-2)34(31)45-23(4)5)36(48-16-10-13-38(6,51)20-48)47-37(46-35)52-22-39(14-15-39)21-49(9-3)40(41)19-42-40/h8,11-12,17-18,23,50-51H,7,9-10,13-16,19-22H2,1-6H3/b27-8-,45-34?. The van der Waals surface area contributed by atoms with E-state index < -0.39 is 17.2 Å². The van der Waals surface area contributed by atoms with E-state index in [1.165, 1.54) is 12.1 Å². The Balaban J connectivity index is 1.43. The Kier molecular flexibility index (Phi) is 9.56. The molecule has 3 fully saturated rings. The lowest BCUT2D eigenvalue weighted by Crippen LogP contribution is -2.47. The number of anilines is 1. The van der Waals surface area contributed by atoms with E-state index in [4.69, 9.17) is 27.5 Å². The molecule has 7 rings (SSSR count). The number of halogens is 2. The zero-order chi connectivity index (χ0) is 37.2. The number of ether oxygens (including phenoxy) is 1. The van der Waals surface area contributed by atoms with E-state index in [-0.39, 0.29) is 39.8 Å². The summed E-state index contributed by atoms with van der Waals surface area (Å²) in [5.74, 6) is -0.674. The fraction of sp³-hybridized carbons (Fsp3) is 0.525. The number of β-amino-alcohol motifs (C(OH)–C–C–N with tert-alkyl or cyclic N) is 1. The van der Waals surface area contributed by atoms with Crippen LogP contribution >= 0.6 is 0 Å². The molecule has 3 radical (unpaired) electrons. The molecule has 2 aliphatic heterocycles. The Bertz CT molecular complexity index is 2000. The third-order valence-corrected chi connectivity index (χ3v) is 11.1. The first-order valence-corrected chi connectivity index (χ1v) is 18.7. The number of phenols is 1. The van der Waals surface area contributed by atoms with Crippen molar-refractivity contribution in [1.82, 2.24) is 14.9 Å². The van der Waals surface area contributed by atoms with Crippen molar-refractivity contribution in [2.24, 2.45) is 10.4 Å². The lowest BCUT2D eigenvalue weighted by Gasteiger charge is -2.39. The number of benzene rings is 2. The number of phenolic OH excluding ortho intramolecular Hbond substituents is 1. The molecule has 3 heterocycles. The molecule has 12 heteroatoms. The van der Waals surface area contributed by atoms with E-state index in [2.05, 4.69) is 19.1 Å². The molecule has 3 aromatic rings. The first-order chi connectivity index (χ1) is 24.7. The summed E-state index contributed by atoms with van der Waals surface area (Å²) in [6.07, 6.45) is 6.40. The van der Waals surface area contributed by atoms with Gasteiger partial charge in [0.25, 0.3) is 0 Å². The molecule has 8 nitrogen and oxygen atoms in total. The maximum Gasteiger partial charge on any atom is 0.319 e. The van der Waals surface area contributed by atoms with Gasteiger partial charge in [-0.3, -0.25) is 4.99 Å². The van der Waals surface area contributed by atoms with Crippen LogP contribution < -0.4 is 9.64 Å². The molecule has 0 amide bonds. The number of hydrogen-bond acceptors (Lipinski definition) is 8. The van der Waals surface area contributed by atoms with Gasteiger partial charge in [-0.05, 0) is 106 Å². The van der Waals surface area contributed by atoms with Crippen LogP contribution in [0.5, 0.6) is 11.8 Å². The normalized spacial score (nSPS) is 25.3. The summed E-state index contributed by atoms with van der Waals surface area (Å²) in [4.78, 5) is 19.0. The van der Waals surface area contributed by atoms with E-state index >= 15 is 8.78 Å². The van der Waals surface area contributed by atoms with Crippen LogP contribution in [0.25, 0.3) is 27.7 Å². The number of aromatic nitrogens is 2. The van der Waals surface area contributed by atoms with Crippen molar-refractivity contribution in [2.45, 2.75) is 96.9 Å². The van der Waals surface area contributed by atoms with Gasteiger partial charge < -0.3 is 24.7 Å². The number of nitrogens with zero attached hydrogens (tertiary/aromatic N) is 5. The number of allylic oxidation sites excluding steroid dienone is 3. The fourth-order valence-electron chi connectivity index (χ4n) is 8.03. The van der Waals surface area contributed by atoms with E-state index in [1.54, 1.807) is 19.1 Å². The molecule has 0 bridgehead atoms. The van der Waals surface area contributed by atoms with Gasteiger partial charge in [-0.1, -0.05) is 37.6 Å². The number of hydrogen-bond donors (Lipinski definition) is 2. The zero-order valence-corrected chi connectivity index (χ0v) is 31.2. The molecule has 2 atom stereocenters. The Morgan fingerprint density at radius 2 is 1.92 bits per heavy atom. The molecule has 2 saturated heterocycles. The number of fused-ring (bicyclic) bond motifs is 2. The van der Waals surface area contributed by atoms with E-state index in [9.17, 15) is 10.2 Å². The van der Waals surface area contributed by atoms with Gasteiger partial charge in [0.15, 0.2) is 5.83 Å². The van der Waals surface area contributed by atoms with Crippen LogP contribution in [-0.2, 0) is 6.42 Å². The highest BCUT2D eigenvalue weighted by Crippen LogP contribution is 2.50. The second kappa shape index (κ2) is 13.6. The van der Waals surface area contributed by atoms with E-state index in [0.29, 0.717) is 77.1 Å². The quantitative estimate of drug-likeness (QED) is 0.209. The number of aromatic hydroxyl groups is 1. The predicted octanol–water partition coefficient (Wildman–Crippen LogP) is 6.93. The van der Waals surface area contributed by atoms with E-state index in [0.717, 1.165) is 38.7 Å². The first-order valence-electron chi connectivity index (χ1n) is 18.7. The number of rotatable bonds is 11. The number of aliphatic imine (C=N–C) groups is 1. The topological polar surface area (TPSA) is 94.3 Å². The molecule has 2 N–H and O–H groups in total. The van der Waals surface area contributed by atoms with Crippen molar-refractivity contribution in [3.8, 4) is 11.8 Å². The summed E-state index contributed by atoms with van der Waals surface area (Å²) in [6, 6.07) is 5.85. The molecule has 2 aliphatic carbocycles. The summed E-state index contributed by atoms with van der Waals surface area (Å²) >= 11 is 0. The van der Waals surface area contributed by atoms with Crippen molar-refractivity contribution in [2.75, 3.05) is 37.7 Å². The summed E-state index contributed by atoms with van der Waals surface area (Å²) in [6.45, 7) is 14.3. The Morgan fingerprint density at radius 3 is 2.54 bits per heavy atom. The monoisotopic (exact) mass is 706 g/mol. The van der Waals surface area contributed by atoms with Gasteiger partial charge in [-0.15, -0.1) is 0 Å². The average Bonchev–Trinajstić information content (AvgIpc) is 4.03. The Labute approximate surface area is 307 Å². The van der Waals surface area contributed by atoms with Gasteiger partial charge in [0.05, 0.1) is 31.3 Å². The maximum atomic E-state index is 17.8. The maximum absolute atomic E-state index is 17.8. The molecule has 4 aliphatic rings. The van der Waals surface area contributed by atoms with Gasteiger partial charge in [-0.2, -0.15) is 9.97 Å². The zero-order valence-electron chi connectivity index (χ0n) is 31.2. The fourth-order valence-corrected chi connectivity index (χ4v) is 8.03. The molecule has 52 heavy (non-hydrogen) atoms. The summed E-state index contributed by atoms with van der Waals surface area (Å²) < 4.78 is 39.6. The molecule has 2 aromatic carbocycles. The van der Waals surface area contributed by atoms with Gasteiger partial charge in [0.2, 0.25) is 0 Å². The molecular formula is C40H48B2F2N5O3. The summed E-state index contributed by atoms with van der Waals surface area (Å²) in [5, 5.41) is 22.9. The number of piperidine rings is 1. The lowest BCUT2D eigenvalue weighted by molar-refractivity contribution is 0.0446. The first kappa shape index (κ1) is 36.6. The molecule has 1 aromatic heterocycles. The lowest BCUT2D eigenvalue weighted by atomic mass is 9.76. The Morgan fingerprint density at radius 1 is 1.17 bits per heavy atom. The van der Waals surface area contributed by atoms with Gasteiger partial charge in [0, 0.05) is 42.2 Å². The Hall–Kier alpha value is -3.76. The minimum atomic E-state index is -0.975. The van der Waals surface area contributed by atoms with Crippen LogP contribution in [0, 0.1) is 11.2 Å². The second-order valence-corrected chi connectivity index (χ2v) is 15.7.